The number of likely N-dealkylation sites (tertiary alicyclic amines) is 1. The van der Waals surface area contributed by atoms with Crippen molar-refractivity contribution in [3.05, 3.63) is 93.0 Å². The van der Waals surface area contributed by atoms with E-state index in [2.05, 4.69) is 23.1 Å². The fourth-order valence-corrected chi connectivity index (χ4v) is 6.24. The lowest BCUT2D eigenvalue weighted by molar-refractivity contribution is -0.143. The summed E-state index contributed by atoms with van der Waals surface area (Å²) in [5.41, 5.74) is 5.82. The Morgan fingerprint density at radius 2 is 1.81 bits per heavy atom. The van der Waals surface area contributed by atoms with Gasteiger partial charge in [-0.15, -0.1) is 0 Å². The first-order valence-electron chi connectivity index (χ1n) is 14.7. The van der Waals surface area contributed by atoms with E-state index >= 15 is 0 Å². The molecular weight excluding hydrogens is 572 g/mol. The number of hydrogen-bond donors (Lipinski definition) is 0. The maximum absolute atomic E-state index is 12.7. The van der Waals surface area contributed by atoms with Crippen molar-refractivity contribution in [2.24, 2.45) is 5.41 Å². The number of allylic oxidation sites excluding steroid dienone is 1. The largest absolute Gasteiger partial charge is 0.489 e. The van der Waals surface area contributed by atoms with Crippen LogP contribution in [0.25, 0.3) is 11.1 Å². The lowest BCUT2D eigenvalue weighted by atomic mass is 9.87. The van der Waals surface area contributed by atoms with Gasteiger partial charge in [-0.3, -0.25) is 14.1 Å². The number of alkyl halides is 1. The number of halogens is 3. The van der Waals surface area contributed by atoms with E-state index in [4.69, 9.17) is 32.7 Å². The van der Waals surface area contributed by atoms with Gasteiger partial charge in [0.2, 0.25) is 0 Å². The summed E-state index contributed by atoms with van der Waals surface area (Å²) >= 11 is 13.1. The van der Waals surface area contributed by atoms with E-state index in [1.807, 2.05) is 57.2 Å². The molecule has 1 unspecified atom stereocenters. The summed E-state index contributed by atoms with van der Waals surface area (Å²) in [6.45, 7) is 7.75. The molecule has 7 heteroatoms. The predicted octanol–water partition coefficient (Wildman–Crippen LogP) is 9.05. The molecule has 1 aliphatic carbocycles. The van der Waals surface area contributed by atoms with Crippen LogP contribution in [0.15, 0.2) is 60.7 Å². The van der Waals surface area contributed by atoms with Crippen LogP contribution in [0, 0.1) is 5.41 Å². The number of esters is 1. The summed E-state index contributed by atoms with van der Waals surface area (Å²) < 4.78 is 24.9. The third-order valence-electron chi connectivity index (χ3n) is 7.86. The van der Waals surface area contributed by atoms with Gasteiger partial charge in [-0.25, -0.2) is 0 Å². The Balaban J connectivity index is 1.55. The van der Waals surface area contributed by atoms with Crippen LogP contribution in [-0.2, 0) is 11.2 Å². The second kappa shape index (κ2) is 13.2. The van der Waals surface area contributed by atoms with Crippen molar-refractivity contribution in [3.63, 3.8) is 0 Å². The predicted molar refractivity (Wildman–Crippen MR) is 169 cm³/mol. The van der Waals surface area contributed by atoms with Gasteiger partial charge in [0, 0.05) is 29.7 Å². The van der Waals surface area contributed by atoms with Gasteiger partial charge in [0.15, 0.2) is 0 Å². The fraction of sp³-hybridized carbons (Fsp3) is 0.400. The van der Waals surface area contributed by atoms with Crippen molar-refractivity contribution in [2.45, 2.75) is 59.0 Å². The number of ether oxygens (including phenoxy) is 2. The standard InChI is InChI=1S/C35H38Cl2FNO3/c1-35(2,3)34(40)42-27-12-14-29-23(19-27)7-5-10-31(30-13-11-25(36)21-32(30)37)33(29)24-8-4-9-26(20-24)41-28-15-18-39(22-28)17-6-16-38/h4,8-9,11-14,19-21,28H,5-7,10,15-18,22H2,1-3H3. The highest BCUT2D eigenvalue weighted by Crippen LogP contribution is 2.43. The zero-order valence-electron chi connectivity index (χ0n) is 24.5. The monoisotopic (exact) mass is 609 g/mol. The molecule has 0 saturated carbocycles. The van der Waals surface area contributed by atoms with E-state index in [0.717, 1.165) is 84.5 Å². The van der Waals surface area contributed by atoms with Crippen molar-refractivity contribution in [1.29, 1.82) is 0 Å². The summed E-state index contributed by atoms with van der Waals surface area (Å²) in [4.78, 5) is 14.9. The molecule has 0 bridgehead atoms. The van der Waals surface area contributed by atoms with Gasteiger partial charge in [0.1, 0.15) is 17.6 Å². The third kappa shape index (κ3) is 7.19. The maximum atomic E-state index is 12.7. The molecule has 1 fully saturated rings. The van der Waals surface area contributed by atoms with Gasteiger partial charge in [-0.2, -0.15) is 0 Å². The molecule has 1 saturated heterocycles. The molecule has 0 aromatic heterocycles. The molecule has 3 aromatic rings. The topological polar surface area (TPSA) is 38.8 Å². The molecule has 4 nitrogen and oxygen atoms in total. The molecule has 1 heterocycles. The van der Waals surface area contributed by atoms with Gasteiger partial charge < -0.3 is 9.47 Å². The number of fused-ring (bicyclic) bond motifs is 1. The molecule has 222 valence electrons. The SMILES string of the molecule is CC(C)(C)C(=O)Oc1ccc2c(c1)CCCC(c1ccc(Cl)cc1Cl)=C2c1cccc(OC2CCN(CCCF)C2)c1. The summed E-state index contributed by atoms with van der Waals surface area (Å²) in [6.07, 6.45) is 4.11. The Bertz CT molecular complexity index is 1480. The number of aryl methyl sites for hydroxylation is 1. The third-order valence-corrected chi connectivity index (χ3v) is 8.41. The van der Waals surface area contributed by atoms with Crippen LogP contribution in [0.4, 0.5) is 4.39 Å². The van der Waals surface area contributed by atoms with Crippen molar-refractivity contribution in [1.82, 2.24) is 4.90 Å². The van der Waals surface area contributed by atoms with Crippen LogP contribution < -0.4 is 9.47 Å². The Labute approximate surface area is 258 Å². The van der Waals surface area contributed by atoms with Crippen LogP contribution in [0.1, 0.15) is 68.7 Å². The number of nitrogens with zero attached hydrogens (tertiary/aromatic N) is 1. The zero-order chi connectivity index (χ0) is 29.9. The Kier molecular flexibility index (Phi) is 9.61. The van der Waals surface area contributed by atoms with E-state index in [1.165, 1.54) is 0 Å². The zero-order valence-corrected chi connectivity index (χ0v) is 26.0. The van der Waals surface area contributed by atoms with E-state index < -0.39 is 5.41 Å². The Hall–Kier alpha value is -2.86. The first-order valence-corrected chi connectivity index (χ1v) is 15.5. The van der Waals surface area contributed by atoms with Gasteiger partial charge in [-0.05, 0) is 123 Å². The lowest BCUT2D eigenvalue weighted by Crippen LogP contribution is -2.26. The van der Waals surface area contributed by atoms with Crippen LogP contribution in [0.2, 0.25) is 10.0 Å². The maximum Gasteiger partial charge on any atom is 0.316 e. The minimum Gasteiger partial charge on any atom is -0.489 e. The number of carbonyl (C=O) groups excluding carboxylic acids is 1. The Morgan fingerprint density at radius 3 is 2.57 bits per heavy atom. The highest BCUT2D eigenvalue weighted by molar-refractivity contribution is 6.36. The molecule has 0 N–H and O–H groups in total. The van der Waals surface area contributed by atoms with Crippen molar-refractivity contribution in [3.8, 4) is 11.5 Å². The highest BCUT2D eigenvalue weighted by atomic mass is 35.5. The first kappa shape index (κ1) is 30.6. The van der Waals surface area contributed by atoms with E-state index in [9.17, 15) is 9.18 Å². The number of carbonyl (C=O) groups is 1. The van der Waals surface area contributed by atoms with Gasteiger partial charge in [0.05, 0.1) is 12.1 Å². The molecule has 0 amide bonds. The summed E-state index contributed by atoms with van der Waals surface area (Å²) in [5, 5.41) is 1.21. The molecule has 3 aromatic carbocycles. The van der Waals surface area contributed by atoms with Crippen molar-refractivity contribution < 1.29 is 18.7 Å². The summed E-state index contributed by atoms with van der Waals surface area (Å²) in [6, 6.07) is 19.8. The average Bonchev–Trinajstić information content (AvgIpc) is 3.30. The normalized spacial score (nSPS) is 17.6. The second-order valence-electron chi connectivity index (χ2n) is 12.2. The van der Waals surface area contributed by atoms with Crippen LogP contribution in [0.5, 0.6) is 11.5 Å². The lowest BCUT2D eigenvalue weighted by Gasteiger charge is -2.20. The van der Waals surface area contributed by atoms with Crippen molar-refractivity contribution >= 4 is 40.3 Å². The average molecular weight is 611 g/mol. The quantitative estimate of drug-likeness (QED) is 0.189. The van der Waals surface area contributed by atoms with Gasteiger partial charge in [0.25, 0.3) is 0 Å². The number of hydrogen-bond acceptors (Lipinski definition) is 4. The molecule has 0 radical (unpaired) electrons. The minimum absolute atomic E-state index is 0.0699. The molecule has 0 spiro atoms. The smallest absolute Gasteiger partial charge is 0.316 e. The molecule has 1 atom stereocenters. The van der Waals surface area contributed by atoms with E-state index in [-0.39, 0.29) is 18.7 Å². The highest BCUT2D eigenvalue weighted by Gasteiger charge is 2.27. The fourth-order valence-electron chi connectivity index (χ4n) is 5.72. The second-order valence-corrected chi connectivity index (χ2v) is 13.0. The molecule has 2 aliphatic rings. The summed E-state index contributed by atoms with van der Waals surface area (Å²) in [7, 11) is 0. The van der Waals surface area contributed by atoms with E-state index in [1.54, 1.807) is 6.07 Å². The number of rotatable bonds is 8. The van der Waals surface area contributed by atoms with Crippen LogP contribution in [-0.4, -0.2) is 43.3 Å². The minimum atomic E-state index is -0.597. The Morgan fingerprint density at radius 1 is 1.00 bits per heavy atom. The first-order chi connectivity index (χ1) is 20.1. The molecular formula is C35H38Cl2FNO3. The van der Waals surface area contributed by atoms with Gasteiger partial charge >= 0.3 is 5.97 Å². The number of benzene rings is 3. The van der Waals surface area contributed by atoms with Crippen LogP contribution >= 0.6 is 23.2 Å². The van der Waals surface area contributed by atoms with Crippen molar-refractivity contribution in [2.75, 3.05) is 26.3 Å². The molecule has 42 heavy (non-hydrogen) atoms. The summed E-state index contributed by atoms with van der Waals surface area (Å²) in [5.74, 6) is 1.09. The van der Waals surface area contributed by atoms with E-state index in [0.29, 0.717) is 22.2 Å². The van der Waals surface area contributed by atoms with Gasteiger partial charge in [-0.1, -0.05) is 47.5 Å². The molecule has 5 rings (SSSR count). The van der Waals surface area contributed by atoms with Crippen LogP contribution in [0.3, 0.4) is 0 Å². The molecule has 1 aliphatic heterocycles.